The summed E-state index contributed by atoms with van der Waals surface area (Å²) in [7, 11) is 0. The van der Waals surface area contributed by atoms with Crippen molar-refractivity contribution in [2.75, 3.05) is 5.75 Å². The van der Waals surface area contributed by atoms with Crippen molar-refractivity contribution >= 4 is 12.6 Å². The first-order chi connectivity index (χ1) is 7.06. The number of halogens is 2. The van der Waals surface area contributed by atoms with Crippen LogP contribution in [-0.4, -0.2) is 22.1 Å². The van der Waals surface area contributed by atoms with Gasteiger partial charge in [0.05, 0.1) is 6.10 Å². The maximum Gasteiger partial charge on any atom is 0.159 e. The van der Waals surface area contributed by atoms with Crippen LogP contribution in [0.25, 0.3) is 0 Å². The molecular formula is C10H12F2O2S. The Balaban J connectivity index is 2.81. The third-order valence-electron chi connectivity index (χ3n) is 2.07. The molecule has 84 valence electrons. The van der Waals surface area contributed by atoms with E-state index in [0.717, 1.165) is 12.1 Å². The summed E-state index contributed by atoms with van der Waals surface area (Å²) in [5.74, 6) is -1.61. The van der Waals surface area contributed by atoms with Crippen LogP contribution in [0.5, 0.6) is 0 Å². The van der Waals surface area contributed by atoms with Gasteiger partial charge in [-0.3, -0.25) is 0 Å². The highest BCUT2D eigenvalue weighted by Crippen LogP contribution is 2.21. The maximum absolute atomic E-state index is 12.8. The van der Waals surface area contributed by atoms with Gasteiger partial charge in [-0.25, -0.2) is 8.78 Å². The molecule has 0 aliphatic carbocycles. The second kappa shape index (κ2) is 5.44. The van der Waals surface area contributed by atoms with Crippen molar-refractivity contribution in [2.24, 2.45) is 0 Å². The molecule has 0 spiro atoms. The summed E-state index contributed by atoms with van der Waals surface area (Å²) in [6.07, 6.45) is -1.96. The van der Waals surface area contributed by atoms with E-state index in [1.165, 1.54) is 6.07 Å². The van der Waals surface area contributed by atoms with Gasteiger partial charge in [-0.15, -0.1) is 0 Å². The zero-order valence-corrected chi connectivity index (χ0v) is 8.79. The molecular weight excluding hydrogens is 222 g/mol. The zero-order valence-electron chi connectivity index (χ0n) is 7.90. The minimum absolute atomic E-state index is 0.156. The van der Waals surface area contributed by atoms with Gasteiger partial charge in [0.1, 0.15) is 6.10 Å². The summed E-state index contributed by atoms with van der Waals surface area (Å²) in [6, 6.07) is 3.04. The van der Waals surface area contributed by atoms with Crippen LogP contribution in [0.2, 0.25) is 0 Å². The summed E-state index contributed by atoms with van der Waals surface area (Å²) >= 11 is 3.90. The number of aliphatic hydroxyl groups is 2. The predicted octanol–water partition coefficient (Wildman–Crippen LogP) is 1.68. The molecule has 2 N–H and O–H groups in total. The van der Waals surface area contributed by atoms with Gasteiger partial charge in [0.15, 0.2) is 11.6 Å². The molecule has 0 aliphatic rings. The van der Waals surface area contributed by atoms with E-state index in [2.05, 4.69) is 12.6 Å². The Morgan fingerprint density at radius 2 is 1.87 bits per heavy atom. The monoisotopic (exact) mass is 234 g/mol. The minimum Gasteiger partial charge on any atom is -0.390 e. The Kier molecular flexibility index (Phi) is 4.50. The smallest absolute Gasteiger partial charge is 0.159 e. The molecule has 0 saturated carbocycles. The van der Waals surface area contributed by atoms with Crippen LogP contribution in [0.3, 0.4) is 0 Å². The summed E-state index contributed by atoms with van der Waals surface area (Å²) < 4.78 is 25.4. The second-order valence-corrected chi connectivity index (χ2v) is 3.65. The lowest BCUT2D eigenvalue weighted by molar-refractivity contribution is 0.0170. The quantitative estimate of drug-likeness (QED) is 0.694. The second-order valence-electron chi connectivity index (χ2n) is 3.20. The third-order valence-corrected chi connectivity index (χ3v) is 2.33. The van der Waals surface area contributed by atoms with Crippen LogP contribution in [-0.2, 0) is 0 Å². The summed E-state index contributed by atoms with van der Waals surface area (Å²) in [5, 5.41) is 19.0. The van der Waals surface area contributed by atoms with Crippen molar-refractivity contribution in [3.63, 3.8) is 0 Å². The average Bonchev–Trinajstić information content (AvgIpc) is 2.21. The predicted molar refractivity (Wildman–Crippen MR) is 55.8 cm³/mol. The highest BCUT2D eigenvalue weighted by molar-refractivity contribution is 7.80. The number of aliphatic hydroxyl groups excluding tert-OH is 2. The van der Waals surface area contributed by atoms with E-state index in [1.807, 2.05) is 0 Å². The van der Waals surface area contributed by atoms with Crippen molar-refractivity contribution in [2.45, 2.75) is 18.6 Å². The molecule has 5 heteroatoms. The fourth-order valence-corrected chi connectivity index (χ4v) is 1.47. The molecule has 0 saturated heterocycles. The van der Waals surface area contributed by atoms with Gasteiger partial charge < -0.3 is 10.2 Å². The van der Waals surface area contributed by atoms with Gasteiger partial charge in [-0.2, -0.15) is 12.6 Å². The molecule has 0 bridgehead atoms. The molecule has 0 amide bonds. The van der Waals surface area contributed by atoms with E-state index in [-0.39, 0.29) is 12.0 Å². The first-order valence-electron chi connectivity index (χ1n) is 4.48. The SMILES string of the molecule is OC(CCS)C(O)c1ccc(F)c(F)c1. The molecule has 2 unspecified atom stereocenters. The molecule has 1 aromatic rings. The molecule has 2 nitrogen and oxygen atoms in total. The molecule has 0 heterocycles. The molecule has 15 heavy (non-hydrogen) atoms. The van der Waals surface area contributed by atoms with Gasteiger partial charge in [0.25, 0.3) is 0 Å². The Hall–Kier alpha value is -0.650. The number of rotatable bonds is 4. The van der Waals surface area contributed by atoms with Crippen molar-refractivity contribution in [1.29, 1.82) is 0 Å². The first-order valence-corrected chi connectivity index (χ1v) is 5.11. The minimum atomic E-state index is -1.22. The maximum atomic E-state index is 12.8. The fourth-order valence-electron chi connectivity index (χ4n) is 1.21. The van der Waals surface area contributed by atoms with Gasteiger partial charge in [0.2, 0.25) is 0 Å². The fraction of sp³-hybridized carbons (Fsp3) is 0.400. The zero-order chi connectivity index (χ0) is 11.4. The van der Waals surface area contributed by atoms with Gasteiger partial charge in [0, 0.05) is 0 Å². The standard InChI is InChI=1S/C10H12F2O2S/c11-7-2-1-6(5-8(7)12)10(14)9(13)3-4-15/h1-2,5,9-10,13-15H,3-4H2. The normalized spacial score (nSPS) is 15.0. The van der Waals surface area contributed by atoms with E-state index in [9.17, 15) is 19.0 Å². The molecule has 1 aromatic carbocycles. The van der Waals surface area contributed by atoms with E-state index in [1.54, 1.807) is 0 Å². The van der Waals surface area contributed by atoms with Gasteiger partial charge in [-0.1, -0.05) is 6.07 Å². The van der Waals surface area contributed by atoms with Gasteiger partial charge in [-0.05, 0) is 29.9 Å². The Morgan fingerprint density at radius 1 is 1.20 bits per heavy atom. The number of hydrogen-bond donors (Lipinski definition) is 3. The largest absolute Gasteiger partial charge is 0.390 e. The van der Waals surface area contributed by atoms with E-state index in [4.69, 9.17) is 0 Å². The number of hydrogen-bond acceptors (Lipinski definition) is 3. The van der Waals surface area contributed by atoms with Crippen LogP contribution in [0, 0.1) is 11.6 Å². The van der Waals surface area contributed by atoms with Gasteiger partial charge >= 0.3 is 0 Å². The Labute approximate surface area is 92.0 Å². The van der Waals surface area contributed by atoms with Crippen molar-refractivity contribution in [1.82, 2.24) is 0 Å². The molecule has 2 atom stereocenters. The lowest BCUT2D eigenvalue weighted by Gasteiger charge is -2.17. The first kappa shape index (κ1) is 12.4. The van der Waals surface area contributed by atoms with Crippen molar-refractivity contribution in [3.8, 4) is 0 Å². The molecule has 0 aromatic heterocycles. The van der Waals surface area contributed by atoms with Crippen LogP contribution >= 0.6 is 12.6 Å². The lowest BCUT2D eigenvalue weighted by Crippen LogP contribution is -2.18. The van der Waals surface area contributed by atoms with Crippen LogP contribution in [0.4, 0.5) is 8.78 Å². The Morgan fingerprint density at radius 3 is 2.40 bits per heavy atom. The third kappa shape index (κ3) is 3.15. The molecule has 0 radical (unpaired) electrons. The average molecular weight is 234 g/mol. The van der Waals surface area contributed by atoms with Crippen LogP contribution in [0.1, 0.15) is 18.1 Å². The van der Waals surface area contributed by atoms with Crippen molar-refractivity contribution < 1.29 is 19.0 Å². The van der Waals surface area contributed by atoms with Crippen LogP contribution < -0.4 is 0 Å². The van der Waals surface area contributed by atoms with E-state index in [0.29, 0.717) is 5.75 Å². The number of thiol groups is 1. The molecule has 0 fully saturated rings. The van der Waals surface area contributed by atoms with Crippen LogP contribution in [0.15, 0.2) is 18.2 Å². The highest BCUT2D eigenvalue weighted by Gasteiger charge is 2.18. The molecule has 1 rings (SSSR count). The van der Waals surface area contributed by atoms with E-state index < -0.39 is 23.8 Å². The lowest BCUT2D eigenvalue weighted by atomic mass is 10.0. The molecule has 0 aliphatic heterocycles. The summed E-state index contributed by atoms with van der Waals surface area (Å²) in [6.45, 7) is 0. The van der Waals surface area contributed by atoms with Crippen molar-refractivity contribution in [3.05, 3.63) is 35.4 Å². The van der Waals surface area contributed by atoms with E-state index >= 15 is 0 Å². The highest BCUT2D eigenvalue weighted by atomic mass is 32.1. The Bertz CT molecular complexity index is 333. The topological polar surface area (TPSA) is 40.5 Å². The number of benzene rings is 1. The summed E-state index contributed by atoms with van der Waals surface area (Å²) in [4.78, 5) is 0. The summed E-state index contributed by atoms with van der Waals surface area (Å²) in [5.41, 5.74) is 0.156.